The Morgan fingerprint density at radius 2 is 1.03 bits per heavy atom. The van der Waals surface area contributed by atoms with E-state index in [0.717, 1.165) is 21.2 Å². The van der Waals surface area contributed by atoms with Crippen molar-refractivity contribution in [3.63, 3.8) is 0 Å². The van der Waals surface area contributed by atoms with E-state index in [1.54, 1.807) is 12.1 Å². The second-order valence-corrected chi connectivity index (χ2v) is 10.1. The van der Waals surface area contributed by atoms with Gasteiger partial charge in [-0.15, -0.1) is 0 Å². The van der Waals surface area contributed by atoms with Gasteiger partial charge >= 0.3 is 0 Å². The van der Waals surface area contributed by atoms with Crippen LogP contribution in [-0.2, 0) is 0 Å². The summed E-state index contributed by atoms with van der Waals surface area (Å²) in [6, 6.07) is 26.7. The topological polar surface area (TPSA) is 64.5 Å². The molecule has 0 unspecified atom stereocenters. The highest BCUT2D eigenvalue weighted by molar-refractivity contribution is 8.00. The molecule has 0 aromatic heterocycles. The van der Waals surface area contributed by atoms with Gasteiger partial charge in [0.1, 0.15) is 11.5 Å². The van der Waals surface area contributed by atoms with Gasteiger partial charge in [-0.1, -0.05) is 66.5 Å². The lowest BCUT2D eigenvalue weighted by Gasteiger charge is -2.20. The molecule has 0 aliphatic rings. The predicted octanol–water partition coefficient (Wildman–Crippen LogP) is 8.79. The summed E-state index contributed by atoms with van der Waals surface area (Å²) in [5.41, 5.74) is 2.61. The number of phenolic OH excluding ortho intramolecular Hbond substituents is 2. The molecule has 0 heterocycles. The monoisotopic (exact) mass is 528 g/mol. The Bertz CT molecular complexity index is 1180. The molecular formula is C26H22Cl2N2O2S2. The number of phenols is 2. The fraction of sp³-hybridized carbons (Fsp3) is 0.0769. The van der Waals surface area contributed by atoms with Gasteiger partial charge in [-0.25, -0.2) is 0 Å². The van der Waals surface area contributed by atoms with Gasteiger partial charge < -0.3 is 19.7 Å². The number of nitrogens with one attached hydrogen (secondary N) is 2. The molecule has 174 valence electrons. The molecule has 4 rings (SSSR count). The van der Waals surface area contributed by atoms with E-state index in [9.17, 15) is 10.2 Å². The third-order valence-corrected chi connectivity index (χ3v) is 7.45. The van der Waals surface area contributed by atoms with Crippen LogP contribution in [0.2, 0.25) is 10.0 Å². The summed E-state index contributed by atoms with van der Waals surface area (Å²) in [5, 5.41) is 21.9. The highest BCUT2D eigenvalue weighted by atomic mass is 35.5. The lowest BCUT2D eigenvalue weighted by atomic mass is 9.91. The number of aromatic hydroxyl groups is 2. The van der Waals surface area contributed by atoms with E-state index in [2.05, 4.69) is 9.44 Å². The number of hydrogen-bond acceptors (Lipinski definition) is 6. The number of halogens is 2. The minimum atomic E-state index is -0.387. The van der Waals surface area contributed by atoms with Crippen LogP contribution in [0.3, 0.4) is 0 Å². The van der Waals surface area contributed by atoms with Gasteiger partial charge in [0, 0.05) is 38.2 Å². The molecule has 0 bridgehead atoms. The molecule has 0 saturated carbocycles. The molecule has 4 aromatic carbocycles. The third-order valence-electron chi connectivity index (χ3n) is 5.18. The zero-order chi connectivity index (χ0) is 24.1. The summed E-state index contributed by atoms with van der Waals surface area (Å²) in [6.07, 6.45) is 0. The van der Waals surface area contributed by atoms with Gasteiger partial charge in [-0.05, 0) is 72.4 Å². The molecule has 8 heteroatoms. The van der Waals surface area contributed by atoms with E-state index in [1.807, 2.05) is 79.7 Å². The molecule has 0 aliphatic heterocycles. The molecular weight excluding hydrogens is 507 g/mol. The van der Waals surface area contributed by atoms with Gasteiger partial charge in [0.2, 0.25) is 0 Å². The standard InChI is InChI=1S/C26H22Cl2N2O2S2/c1-16(21-12-17(14-23(27)25(21)31)29-33-19-8-4-2-5-9-19)22-13-18(15-24(28)26(22)32)30-34-20-10-6-3-7-11-20/h2-16,29-32H,1H3. The molecule has 0 saturated heterocycles. The van der Waals surface area contributed by atoms with E-state index in [-0.39, 0.29) is 27.5 Å². The predicted molar refractivity (Wildman–Crippen MR) is 146 cm³/mol. The molecule has 0 atom stereocenters. The minimum Gasteiger partial charge on any atom is -0.506 e. The quantitative estimate of drug-likeness (QED) is 0.135. The summed E-state index contributed by atoms with van der Waals surface area (Å²) < 4.78 is 6.54. The first-order valence-electron chi connectivity index (χ1n) is 10.4. The van der Waals surface area contributed by atoms with Crippen molar-refractivity contribution >= 4 is 58.5 Å². The van der Waals surface area contributed by atoms with E-state index < -0.39 is 0 Å². The first-order chi connectivity index (χ1) is 16.4. The Balaban J connectivity index is 1.60. The zero-order valence-corrected chi connectivity index (χ0v) is 21.3. The summed E-state index contributed by atoms with van der Waals surface area (Å²) in [6.45, 7) is 1.89. The maximum absolute atomic E-state index is 10.7. The first kappa shape index (κ1) is 24.5. The summed E-state index contributed by atoms with van der Waals surface area (Å²) in [7, 11) is 0. The van der Waals surface area contributed by atoms with Crippen LogP contribution < -0.4 is 9.44 Å². The van der Waals surface area contributed by atoms with Crippen LogP contribution >= 0.6 is 47.1 Å². The summed E-state index contributed by atoms with van der Waals surface area (Å²) >= 11 is 15.6. The van der Waals surface area contributed by atoms with Crippen LogP contribution in [0, 0.1) is 0 Å². The molecule has 0 fully saturated rings. The first-order valence-corrected chi connectivity index (χ1v) is 12.8. The number of hydrogen-bond donors (Lipinski definition) is 4. The second kappa shape index (κ2) is 11.2. The Labute approximate surface area is 217 Å². The number of benzene rings is 4. The number of anilines is 2. The highest BCUT2D eigenvalue weighted by Gasteiger charge is 2.21. The fourth-order valence-electron chi connectivity index (χ4n) is 3.40. The van der Waals surface area contributed by atoms with Crippen molar-refractivity contribution in [2.24, 2.45) is 0 Å². The normalized spacial score (nSPS) is 10.9. The van der Waals surface area contributed by atoms with Gasteiger partial charge in [0.25, 0.3) is 0 Å². The van der Waals surface area contributed by atoms with Gasteiger partial charge in [-0.3, -0.25) is 0 Å². The van der Waals surface area contributed by atoms with E-state index in [4.69, 9.17) is 23.2 Å². The maximum Gasteiger partial charge on any atom is 0.138 e. The lowest BCUT2D eigenvalue weighted by molar-refractivity contribution is 0.457. The average molecular weight is 530 g/mol. The zero-order valence-electron chi connectivity index (χ0n) is 18.1. The fourth-order valence-corrected chi connectivity index (χ4v) is 5.15. The molecule has 0 amide bonds. The highest BCUT2D eigenvalue weighted by Crippen LogP contribution is 2.44. The molecule has 4 nitrogen and oxygen atoms in total. The molecule has 0 radical (unpaired) electrons. The third kappa shape index (κ3) is 5.88. The Morgan fingerprint density at radius 1 is 0.647 bits per heavy atom. The van der Waals surface area contributed by atoms with Crippen molar-refractivity contribution in [3.05, 3.63) is 106 Å². The summed E-state index contributed by atoms with van der Waals surface area (Å²) in [5.74, 6) is -0.448. The van der Waals surface area contributed by atoms with Crippen LogP contribution in [0.15, 0.2) is 94.7 Å². The maximum atomic E-state index is 10.7. The SMILES string of the molecule is CC(c1cc(NSc2ccccc2)cc(Cl)c1O)c1cc(NSc2ccccc2)cc(Cl)c1O. The second-order valence-electron chi connectivity index (χ2n) is 7.55. The van der Waals surface area contributed by atoms with Crippen LogP contribution in [0.25, 0.3) is 0 Å². The molecule has 4 N–H and O–H groups in total. The average Bonchev–Trinajstić information content (AvgIpc) is 2.86. The molecule has 0 aliphatic carbocycles. The Kier molecular flexibility index (Phi) is 8.06. The Hall–Kier alpha value is -2.64. The van der Waals surface area contributed by atoms with Crippen molar-refractivity contribution in [1.82, 2.24) is 0 Å². The van der Waals surface area contributed by atoms with Crippen LogP contribution in [-0.4, -0.2) is 10.2 Å². The van der Waals surface area contributed by atoms with Crippen LogP contribution in [0.5, 0.6) is 11.5 Å². The minimum absolute atomic E-state index is 0.0306. The van der Waals surface area contributed by atoms with E-state index in [1.165, 1.54) is 23.9 Å². The van der Waals surface area contributed by atoms with Gasteiger partial charge in [0.15, 0.2) is 0 Å². The van der Waals surface area contributed by atoms with Crippen molar-refractivity contribution in [3.8, 4) is 11.5 Å². The molecule has 34 heavy (non-hydrogen) atoms. The van der Waals surface area contributed by atoms with Crippen molar-refractivity contribution in [2.75, 3.05) is 9.44 Å². The van der Waals surface area contributed by atoms with Gasteiger partial charge in [0.05, 0.1) is 10.0 Å². The van der Waals surface area contributed by atoms with Crippen molar-refractivity contribution in [1.29, 1.82) is 0 Å². The van der Waals surface area contributed by atoms with Crippen LogP contribution in [0.4, 0.5) is 11.4 Å². The molecule has 4 aromatic rings. The van der Waals surface area contributed by atoms with Crippen molar-refractivity contribution < 1.29 is 10.2 Å². The Morgan fingerprint density at radius 3 is 1.41 bits per heavy atom. The van der Waals surface area contributed by atoms with Crippen molar-refractivity contribution in [2.45, 2.75) is 22.6 Å². The molecule has 0 spiro atoms. The van der Waals surface area contributed by atoms with Gasteiger partial charge in [-0.2, -0.15) is 0 Å². The summed E-state index contributed by atoms with van der Waals surface area (Å²) in [4.78, 5) is 2.08. The van der Waals surface area contributed by atoms with Crippen LogP contribution in [0.1, 0.15) is 24.0 Å². The van der Waals surface area contributed by atoms with E-state index in [0.29, 0.717) is 11.1 Å². The lowest BCUT2D eigenvalue weighted by Crippen LogP contribution is -2.01. The number of rotatable bonds is 8. The smallest absolute Gasteiger partial charge is 0.138 e. The van der Waals surface area contributed by atoms with E-state index >= 15 is 0 Å². The largest absolute Gasteiger partial charge is 0.506 e.